The molecule has 1 N–H and O–H groups in total. The fourth-order valence-electron chi connectivity index (χ4n) is 3.76. The topological polar surface area (TPSA) is 64.7 Å². The number of nitrogens with zero attached hydrogens (tertiary/aromatic N) is 4. The van der Waals surface area contributed by atoms with Gasteiger partial charge in [0, 0.05) is 24.9 Å². The van der Waals surface area contributed by atoms with Gasteiger partial charge in [-0.25, -0.2) is 4.68 Å². The van der Waals surface area contributed by atoms with E-state index in [9.17, 15) is 4.79 Å². The zero-order chi connectivity index (χ0) is 21.6. The van der Waals surface area contributed by atoms with Gasteiger partial charge in [0.25, 0.3) is 0 Å². The van der Waals surface area contributed by atoms with Crippen molar-refractivity contribution in [1.29, 1.82) is 0 Å². The summed E-state index contributed by atoms with van der Waals surface area (Å²) in [5.74, 6) is -0.0196. The first kappa shape index (κ1) is 20.6. The third-order valence-electron chi connectivity index (χ3n) is 5.43. The molecule has 0 aliphatic rings. The van der Waals surface area contributed by atoms with Gasteiger partial charge in [-0.1, -0.05) is 48.5 Å². The summed E-state index contributed by atoms with van der Waals surface area (Å²) in [6.45, 7) is 4.82. The molecule has 2 aromatic heterocycles. The molecule has 0 radical (unpaired) electrons. The molecule has 6 heteroatoms. The summed E-state index contributed by atoms with van der Waals surface area (Å²) in [5, 5.41) is 12.0. The number of aryl methyl sites for hydroxylation is 3. The van der Waals surface area contributed by atoms with Crippen molar-refractivity contribution in [3.05, 3.63) is 95.6 Å². The average Bonchev–Trinajstić information content (AvgIpc) is 3.35. The summed E-state index contributed by atoms with van der Waals surface area (Å²) in [7, 11) is 0. The summed E-state index contributed by atoms with van der Waals surface area (Å²) < 4.78 is 3.81. The molecule has 0 bridgehead atoms. The number of benzene rings is 2. The van der Waals surface area contributed by atoms with Crippen LogP contribution in [0.2, 0.25) is 0 Å². The molecule has 158 valence electrons. The van der Waals surface area contributed by atoms with Gasteiger partial charge in [-0.05, 0) is 49.9 Å². The van der Waals surface area contributed by atoms with Gasteiger partial charge in [0.2, 0.25) is 5.91 Å². The highest BCUT2D eigenvalue weighted by molar-refractivity contribution is 5.90. The van der Waals surface area contributed by atoms with Gasteiger partial charge in [-0.3, -0.25) is 9.48 Å². The second kappa shape index (κ2) is 9.43. The number of nitrogens with one attached hydrogen (secondary N) is 1. The van der Waals surface area contributed by atoms with Crippen LogP contribution in [0.1, 0.15) is 28.9 Å². The number of amides is 1. The average molecular weight is 414 g/mol. The third kappa shape index (κ3) is 5.09. The summed E-state index contributed by atoms with van der Waals surface area (Å²) >= 11 is 0. The van der Waals surface area contributed by atoms with E-state index >= 15 is 0 Å². The van der Waals surface area contributed by atoms with E-state index in [1.807, 2.05) is 71.0 Å². The van der Waals surface area contributed by atoms with E-state index in [0.29, 0.717) is 12.8 Å². The molecule has 0 saturated carbocycles. The minimum atomic E-state index is -0.0196. The van der Waals surface area contributed by atoms with Gasteiger partial charge < -0.3 is 5.32 Å². The predicted octanol–water partition coefficient (Wildman–Crippen LogP) is 4.50. The quantitative estimate of drug-likeness (QED) is 0.463. The first-order chi connectivity index (χ1) is 15.1. The van der Waals surface area contributed by atoms with Crippen LogP contribution in [0.25, 0.3) is 5.69 Å². The summed E-state index contributed by atoms with van der Waals surface area (Å²) in [4.78, 5) is 12.5. The van der Waals surface area contributed by atoms with Crippen molar-refractivity contribution < 1.29 is 4.79 Å². The number of aromatic nitrogens is 4. The van der Waals surface area contributed by atoms with Gasteiger partial charge in [-0.2, -0.15) is 10.2 Å². The normalized spacial score (nSPS) is 10.9. The van der Waals surface area contributed by atoms with Crippen LogP contribution < -0.4 is 5.32 Å². The standard InChI is InChI=1S/C25H27N5O/c1-19-24(20(2)30(28-19)23-11-7-4-8-12-23)13-14-25(31)27-22-17-26-29(18-22)16-15-21-9-5-3-6-10-21/h3-12,17-18H,13-16H2,1-2H3,(H,27,31). The van der Waals surface area contributed by atoms with Crippen LogP contribution >= 0.6 is 0 Å². The Balaban J connectivity index is 1.32. The Bertz CT molecular complexity index is 1150. The Kier molecular flexibility index (Phi) is 6.26. The molecule has 0 atom stereocenters. The Morgan fingerprint density at radius 2 is 1.68 bits per heavy atom. The van der Waals surface area contributed by atoms with Crippen LogP contribution in [-0.2, 0) is 24.2 Å². The van der Waals surface area contributed by atoms with E-state index in [-0.39, 0.29) is 5.91 Å². The van der Waals surface area contributed by atoms with Crippen LogP contribution in [0.15, 0.2) is 73.1 Å². The fourth-order valence-corrected chi connectivity index (χ4v) is 3.76. The zero-order valence-corrected chi connectivity index (χ0v) is 18.0. The Hall–Kier alpha value is -3.67. The molecule has 2 aromatic carbocycles. The second-order valence-corrected chi connectivity index (χ2v) is 7.67. The highest BCUT2D eigenvalue weighted by Gasteiger charge is 2.14. The van der Waals surface area contributed by atoms with E-state index in [0.717, 1.165) is 41.3 Å². The first-order valence-electron chi connectivity index (χ1n) is 10.6. The Morgan fingerprint density at radius 3 is 2.42 bits per heavy atom. The molecular formula is C25H27N5O. The Morgan fingerprint density at radius 1 is 0.968 bits per heavy atom. The van der Waals surface area contributed by atoms with E-state index in [4.69, 9.17) is 0 Å². The maximum Gasteiger partial charge on any atom is 0.224 e. The van der Waals surface area contributed by atoms with Crippen molar-refractivity contribution >= 4 is 11.6 Å². The lowest BCUT2D eigenvalue weighted by atomic mass is 10.1. The van der Waals surface area contributed by atoms with Gasteiger partial charge >= 0.3 is 0 Å². The minimum absolute atomic E-state index is 0.0196. The molecule has 0 aliphatic carbocycles. The molecule has 0 unspecified atom stereocenters. The molecule has 4 rings (SSSR count). The second-order valence-electron chi connectivity index (χ2n) is 7.67. The first-order valence-corrected chi connectivity index (χ1v) is 10.6. The van der Waals surface area contributed by atoms with Crippen molar-refractivity contribution in [2.45, 2.75) is 39.7 Å². The number of hydrogen-bond acceptors (Lipinski definition) is 3. The minimum Gasteiger partial charge on any atom is -0.323 e. The van der Waals surface area contributed by atoms with Crippen LogP contribution in [0.4, 0.5) is 5.69 Å². The number of carbonyl (C=O) groups is 1. The zero-order valence-electron chi connectivity index (χ0n) is 18.0. The lowest BCUT2D eigenvalue weighted by Gasteiger charge is -2.06. The SMILES string of the molecule is Cc1nn(-c2ccccc2)c(C)c1CCC(=O)Nc1cnn(CCc2ccccc2)c1. The molecule has 4 aromatic rings. The van der Waals surface area contributed by atoms with Gasteiger partial charge in [0.15, 0.2) is 0 Å². The molecular weight excluding hydrogens is 386 g/mol. The van der Waals surface area contributed by atoms with Crippen LogP contribution in [-0.4, -0.2) is 25.5 Å². The predicted molar refractivity (Wildman–Crippen MR) is 122 cm³/mol. The highest BCUT2D eigenvalue weighted by atomic mass is 16.1. The summed E-state index contributed by atoms with van der Waals surface area (Å²) in [6, 6.07) is 20.4. The van der Waals surface area contributed by atoms with E-state index in [1.54, 1.807) is 6.20 Å². The Labute approximate surface area is 182 Å². The lowest BCUT2D eigenvalue weighted by Crippen LogP contribution is -2.12. The fraction of sp³-hybridized carbons (Fsp3) is 0.240. The van der Waals surface area contributed by atoms with Crippen molar-refractivity contribution in [2.24, 2.45) is 0 Å². The van der Waals surface area contributed by atoms with Crippen molar-refractivity contribution in [3.8, 4) is 5.69 Å². The third-order valence-corrected chi connectivity index (χ3v) is 5.43. The van der Waals surface area contributed by atoms with Gasteiger partial charge in [0.05, 0.1) is 23.3 Å². The summed E-state index contributed by atoms with van der Waals surface area (Å²) in [5.41, 5.74) is 6.18. The molecule has 0 spiro atoms. The van der Waals surface area contributed by atoms with Crippen LogP contribution in [0.5, 0.6) is 0 Å². The van der Waals surface area contributed by atoms with Crippen LogP contribution in [0, 0.1) is 13.8 Å². The maximum absolute atomic E-state index is 12.5. The smallest absolute Gasteiger partial charge is 0.224 e. The van der Waals surface area contributed by atoms with Gasteiger partial charge in [0.1, 0.15) is 0 Å². The number of rotatable bonds is 8. The number of anilines is 1. The largest absolute Gasteiger partial charge is 0.323 e. The van der Waals surface area contributed by atoms with E-state index in [1.165, 1.54) is 5.56 Å². The molecule has 1 amide bonds. The molecule has 31 heavy (non-hydrogen) atoms. The lowest BCUT2D eigenvalue weighted by molar-refractivity contribution is -0.116. The highest BCUT2D eigenvalue weighted by Crippen LogP contribution is 2.19. The molecule has 0 saturated heterocycles. The maximum atomic E-state index is 12.5. The molecule has 6 nitrogen and oxygen atoms in total. The van der Waals surface area contributed by atoms with E-state index in [2.05, 4.69) is 34.6 Å². The van der Waals surface area contributed by atoms with Crippen molar-refractivity contribution in [2.75, 3.05) is 5.32 Å². The number of para-hydroxylation sites is 1. The van der Waals surface area contributed by atoms with Crippen LogP contribution in [0.3, 0.4) is 0 Å². The molecule has 0 aliphatic heterocycles. The van der Waals surface area contributed by atoms with E-state index < -0.39 is 0 Å². The number of carbonyl (C=O) groups excluding carboxylic acids is 1. The molecule has 0 fully saturated rings. The van der Waals surface area contributed by atoms with Crippen molar-refractivity contribution in [3.63, 3.8) is 0 Å². The van der Waals surface area contributed by atoms with Gasteiger partial charge in [-0.15, -0.1) is 0 Å². The molecule has 2 heterocycles. The number of hydrogen-bond donors (Lipinski definition) is 1. The van der Waals surface area contributed by atoms with Crippen molar-refractivity contribution in [1.82, 2.24) is 19.6 Å². The summed E-state index contributed by atoms with van der Waals surface area (Å²) in [6.07, 6.45) is 5.54. The monoisotopic (exact) mass is 413 g/mol.